The van der Waals surface area contributed by atoms with Crippen LogP contribution in [0.2, 0.25) is 10.0 Å². The van der Waals surface area contributed by atoms with Crippen molar-refractivity contribution in [1.82, 2.24) is 14.4 Å². The third kappa shape index (κ3) is 4.66. The summed E-state index contributed by atoms with van der Waals surface area (Å²) in [5, 5.41) is 1.36. The number of carbonyl (C=O) groups is 1. The lowest BCUT2D eigenvalue weighted by Gasteiger charge is -2.40. The molecule has 6 rings (SSSR count). The molecular weight excluding hydrogens is 513 g/mol. The summed E-state index contributed by atoms with van der Waals surface area (Å²) in [6, 6.07) is 26.6. The van der Waals surface area contributed by atoms with E-state index in [2.05, 4.69) is 51.6 Å². The van der Waals surface area contributed by atoms with Gasteiger partial charge in [-0.15, -0.1) is 0 Å². The lowest BCUT2D eigenvalue weighted by atomic mass is 9.96. The zero-order valence-corrected chi connectivity index (χ0v) is 23.1. The molecule has 2 aliphatic rings. The van der Waals surface area contributed by atoms with Crippen molar-refractivity contribution in [1.29, 1.82) is 0 Å². The van der Waals surface area contributed by atoms with Crippen LogP contribution in [0, 0.1) is 6.92 Å². The smallest absolute Gasteiger partial charge is 0.256 e. The predicted octanol–water partition coefficient (Wildman–Crippen LogP) is 7.42. The summed E-state index contributed by atoms with van der Waals surface area (Å²) in [6.07, 6.45) is 2.80. The average Bonchev–Trinajstić information content (AvgIpc) is 3.23. The van der Waals surface area contributed by atoms with E-state index in [4.69, 9.17) is 23.2 Å². The first kappa shape index (κ1) is 25.2. The van der Waals surface area contributed by atoms with Crippen molar-refractivity contribution in [3.8, 4) is 16.9 Å². The van der Waals surface area contributed by atoms with Gasteiger partial charge in [-0.1, -0.05) is 77.8 Å². The SMILES string of the molecule is Cc1c2c(n(-c3ccccc3Cl)c1-c1ccc(Cl)cc1)CCN(C1CCN(Cc3ccccc3)CC1)C2=O. The Labute approximate surface area is 234 Å². The summed E-state index contributed by atoms with van der Waals surface area (Å²) >= 11 is 12.9. The number of likely N-dealkylation sites (tertiary alicyclic amines) is 1. The number of halogens is 2. The Morgan fingerprint density at radius 1 is 0.842 bits per heavy atom. The molecule has 1 saturated heterocycles. The normalized spacial score (nSPS) is 16.6. The molecule has 0 N–H and O–H groups in total. The lowest BCUT2D eigenvalue weighted by Crippen LogP contribution is -2.49. The molecule has 0 unspecified atom stereocenters. The second kappa shape index (κ2) is 10.6. The highest BCUT2D eigenvalue weighted by Gasteiger charge is 2.37. The molecule has 6 heteroatoms. The van der Waals surface area contributed by atoms with Gasteiger partial charge in [-0.2, -0.15) is 0 Å². The number of carbonyl (C=O) groups excluding carboxylic acids is 1. The number of hydrogen-bond donors (Lipinski definition) is 0. The van der Waals surface area contributed by atoms with Gasteiger partial charge >= 0.3 is 0 Å². The minimum absolute atomic E-state index is 0.145. The molecule has 194 valence electrons. The van der Waals surface area contributed by atoms with Crippen LogP contribution in [0.25, 0.3) is 16.9 Å². The quantitative estimate of drug-likeness (QED) is 0.262. The molecule has 38 heavy (non-hydrogen) atoms. The van der Waals surface area contributed by atoms with Crippen LogP contribution in [0.3, 0.4) is 0 Å². The van der Waals surface area contributed by atoms with E-state index >= 15 is 0 Å². The Kier molecular flexibility index (Phi) is 7.05. The van der Waals surface area contributed by atoms with Gasteiger partial charge in [-0.25, -0.2) is 0 Å². The standard InChI is InChI=1S/C32H31Cl2N3O/c1-22-30-29(37(28-10-6-5-9-27(28)34)31(22)24-11-13-25(33)14-12-24)17-20-36(32(30)38)26-15-18-35(19-16-26)21-23-7-3-2-4-8-23/h2-14,26H,15-21H2,1H3. The van der Waals surface area contributed by atoms with Crippen LogP contribution in [0.4, 0.5) is 0 Å². The minimum Gasteiger partial charge on any atom is -0.335 e. The van der Waals surface area contributed by atoms with Crippen molar-refractivity contribution < 1.29 is 4.79 Å². The number of para-hydroxylation sites is 1. The van der Waals surface area contributed by atoms with Crippen LogP contribution in [-0.4, -0.2) is 46.0 Å². The molecule has 3 heterocycles. The summed E-state index contributed by atoms with van der Waals surface area (Å²) in [4.78, 5) is 18.8. The summed E-state index contributed by atoms with van der Waals surface area (Å²) in [7, 11) is 0. The number of fused-ring (bicyclic) bond motifs is 1. The van der Waals surface area contributed by atoms with E-state index in [0.717, 1.165) is 79.2 Å². The fourth-order valence-corrected chi connectivity index (χ4v) is 6.52. The topological polar surface area (TPSA) is 28.5 Å². The molecule has 2 aliphatic heterocycles. The summed E-state index contributed by atoms with van der Waals surface area (Å²) < 4.78 is 2.20. The Morgan fingerprint density at radius 2 is 1.53 bits per heavy atom. The zero-order valence-electron chi connectivity index (χ0n) is 21.5. The molecule has 4 nitrogen and oxygen atoms in total. The van der Waals surface area contributed by atoms with Crippen LogP contribution in [0.5, 0.6) is 0 Å². The third-order valence-corrected chi connectivity index (χ3v) is 8.61. The molecule has 0 atom stereocenters. The van der Waals surface area contributed by atoms with Gasteiger partial charge in [-0.3, -0.25) is 9.69 Å². The second-order valence-electron chi connectivity index (χ2n) is 10.3. The van der Waals surface area contributed by atoms with Crippen molar-refractivity contribution in [2.75, 3.05) is 19.6 Å². The van der Waals surface area contributed by atoms with E-state index in [1.54, 1.807) is 0 Å². The van der Waals surface area contributed by atoms with Crippen LogP contribution in [0.15, 0.2) is 78.9 Å². The zero-order chi connectivity index (χ0) is 26.2. The van der Waals surface area contributed by atoms with Gasteiger partial charge < -0.3 is 9.47 Å². The number of amides is 1. The van der Waals surface area contributed by atoms with Crippen LogP contribution < -0.4 is 0 Å². The van der Waals surface area contributed by atoms with E-state index in [9.17, 15) is 4.79 Å². The minimum atomic E-state index is 0.145. The van der Waals surface area contributed by atoms with E-state index in [1.807, 2.05) is 48.5 Å². The van der Waals surface area contributed by atoms with E-state index in [0.29, 0.717) is 10.0 Å². The van der Waals surface area contributed by atoms with E-state index < -0.39 is 0 Å². The maximum absolute atomic E-state index is 14.1. The maximum Gasteiger partial charge on any atom is 0.256 e. The summed E-state index contributed by atoms with van der Waals surface area (Å²) in [5.41, 5.74) is 7.15. The number of nitrogens with zero attached hydrogens (tertiary/aromatic N) is 3. The highest BCUT2D eigenvalue weighted by Crippen LogP contribution is 2.40. The summed E-state index contributed by atoms with van der Waals surface area (Å²) in [6.45, 7) is 5.77. The van der Waals surface area contributed by atoms with Crippen LogP contribution in [-0.2, 0) is 13.0 Å². The predicted molar refractivity (Wildman–Crippen MR) is 155 cm³/mol. The fourth-order valence-electron chi connectivity index (χ4n) is 6.17. The Morgan fingerprint density at radius 3 is 2.24 bits per heavy atom. The first-order valence-corrected chi connectivity index (χ1v) is 14.1. The van der Waals surface area contributed by atoms with Gasteiger partial charge in [-0.05, 0) is 60.7 Å². The van der Waals surface area contributed by atoms with Crippen LogP contribution >= 0.6 is 23.2 Å². The summed E-state index contributed by atoms with van der Waals surface area (Å²) in [5.74, 6) is 0.145. The van der Waals surface area contributed by atoms with Crippen molar-refractivity contribution in [3.05, 3.63) is 111 Å². The first-order valence-electron chi connectivity index (χ1n) is 13.3. The highest BCUT2D eigenvalue weighted by atomic mass is 35.5. The van der Waals surface area contributed by atoms with Gasteiger partial charge in [0, 0.05) is 49.4 Å². The largest absolute Gasteiger partial charge is 0.335 e. The molecule has 0 radical (unpaired) electrons. The molecule has 4 aromatic rings. The van der Waals surface area contributed by atoms with Gasteiger partial charge in [0.05, 0.1) is 22.0 Å². The highest BCUT2D eigenvalue weighted by molar-refractivity contribution is 6.32. The number of benzene rings is 3. The average molecular weight is 545 g/mol. The maximum atomic E-state index is 14.1. The monoisotopic (exact) mass is 543 g/mol. The fraction of sp³-hybridized carbons (Fsp3) is 0.281. The van der Waals surface area contributed by atoms with Gasteiger partial charge in [0.2, 0.25) is 0 Å². The second-order valence-corrected chi connectivity index (χ2v) is 11.2. The van der Waals surface area contributed by atoms with Crippen molar-refractivity contribution in [3.63, 3.8) is 0 Å². The van der Waals surface area contributed by atoms with Crippen molar-refractivity contribution in [2.24, 2.45) is 0 Å². The molecule has 1 fully saturated rings. The number of rotatable bonds is 5. The molecule has 3 aromatic carbocycles. The Hall–Kier alpha value is -3.05. The number of piperidine rings is 1. The first-order chi connectivity index (χ1) is 18.5. The van der Waals surface area contributed by atoms with Gasteiger partial charge in [0.25, 0.3) is 5.91 Å². The molecular formula is C32H31Cl2N3O. The van der Waals surface area contributed by atoms with E-state index in [1.165, 1.54) is 5.56 Å². The molecule has 0 saturated carbocycles. The van der Waals surface area contributed by atoms with Crippen LogP contribution in [0.1, 0.15) is 40.0 Å². The van der Waals surface area contributed by atoms with Gasteiger partial charge in [0.1, 0.15) is 0 Å². The third-order valence-electron chi connectivity index (χ3n) is 8.03. The molecule has 0 bridgehead atoms. The lowest BCUT2D eigenvalue weighted by molar-refractivity contribution is 0.0544. The van der Waals surface area contributed by atoms with Crippen molar-refractivity contribution >= 4 is 29.1 Å². The molecule has 1 amide bonds. The Bertz CT molecular complexity index is 1450. The molecule has 0 spiro atoms. The Balaban J connectivity index is 1.31. The molecule has 0 aliphatic carbocycles. The van der Waals surface area contributed by atoms with Gasteiger partial charge in [0.15, 0.2) is 0 Å². The molecule has 1 aromatic heterocycles. The van der Waals surface area contributed by atoms with Crippen molar-refractivity contribution in [2.45, 2.75) is 38.8 Å². The number of aromatic nitrogens is 1. The number of hydrogen-bond acceptors (Lipinski definition) is 2. The van der Waals surface area contributed by atoms with E-state index in [-0.39, 0.29) is 11.9 Å².